The Morgan fingerprint density at radius 1 is 1.22 bits per heavy atom. The minimum atomic E-state index is -4.73. The highest BCUT2D eigenvalue weighted by Gasteiger charge is 2.42. The first-order valence-electron chi connectivity index (χ1n) is 10.5. The number of benzene rings is 1. The Bertz CT molecular complexity index is 1380. The predicted molar refractivity (Wildman–Crippen MR) is 123 cm³/mol. The summed E-state index contributed by atoms with van der Waals surface area (Å²) in [6.07, 6.45) is 0.722. The van der Waals surface area contributed by atoms with Crippen LogP contribution in [0.15, 0.2) is 78.3 Å². The number of aromatic nitrogens is 3. The van der Waals surface area contributed by atoms with E-state index in [1.165, 1.54) is 36.7 Å². The largest absolute Gasteiger partial charge is 0.506 e. The van der Waals surface area contributed by atoms with Gasteiger partial charge in [0, 0.05) is 25.4 Å². The number of halogens is 3. The number of aliphatic hydroxyl groups is 1. The number of nitrogens with zero attached hydrogens (tertiary/aromatic N) is 3. The number of aryl methyl sites for hydroxylation is 1. The van der Waals surface area contributed by atoms with Crippen molar-refractivity contribution in [2.45, 2.75) is 18.7 Å². The normalized spacial score (nSPS) is 14.9. The van der Waals surface area contributed by atoms with E-state index in [-0.39, 0.29) is 29.1 Å². The van der Waals surface area contributed by atoms with Crippen molar-refractivity contribution >= 4 is 22.8 Å². The highest BCUT2D eigenvalue weighted by molar-refractivity contribution is 5.91. The molecule has 2 heterocycles. The SMILES string of the molecule is Cn1ccc2ncnc(OC3=CC=C(NC(=O)Nc4cccc(C(ON)C(F)(F)F)c4)C(O)=CC3)c21. The van der Waals surface area contributed by atoms with E-state index in [1.807, 2.05) is 23.9 Å². The average molecular weight is 502 g/mol. The smallest absolute Gasteiger partial charge is 0.420 e. The Labute approximate surface area is 202 Å². The fourth-order valence-corrected chi connectivity index (χ4v) is 3.51. The monoisotopic (exact) mass is 502 g/mol. The Hall–Kier alpha value is -4.36. The van der Waals surface area contributed by atoms with Crippen molar-refractivity contribution < 1.29 is 32.6 Å². The standard InChI is InChI=1S/C23H21F3N6O4/c1-32-10-9-17-19(32)21(29-12-28-17)35-15-5-7-16(18(33)8-6-15)31-22(34)30-14-4-2-3-13(11-14)20(36-27)23(24,25)26/h2-5,7-12,20,33H,6,27H2,1H3,(H2,30,31,34). The molecule has 2 amide bonds. The second kappa shape index (κ2) is 10.1. The molecule has 188 valence electrons. The Balaban J connectivity index is 1.47. The van der Waals surface area contributed by atoms with Crippen molar-refractivity contribution in [2.75, 3.05) is 5.32 Å². The topological polar surface area (TPSA) is 137 Å². The summed E-state index contributed by atoms with van der Waals surface area (Å²) >= 11 is 0. The Morgan fingerprint density at radius 3 is 2.78 bits per heavy atom. The van der Waals surface area contributed by atoms with Crippen molar-refractivity contribution in [3.63, 3.8) is 0 Å². The fraction of sp³-hybridized carbons (Fsp3) is 0.174. The second-order valence-electron chi connectivity index (χ2n) is 7.71. The fourth-order valence-electron chi connectivity index (χ4n) is 3.51. The van der Waals surface area contributed by atoms with Crippen molar-refractivity contribution in [1.82, 2.24) is 19.9 Å². The molecule has 1 aromatic carbocycles. The zero-order valence-electron chi connectivity index (χ0n) is 18.8. The lowest BCUT2D eigenvalue weighted by Gasteiger charge is -2.19. The number of nitrogens with one attached hydrogen (secondary N) is 2. The minimum absolute atomic E-state index is 0.0485. The van der Waals surface area contributed by atoms with Crippen LogP contribution in [0.1, 0.15) is 18.1 Å². The van der Waals surface area contributed by atoms with Crippen molar-refractivity contribution in [3.8, 4) is 5.88 Å². The number of fused-ring (bicyclic) bond motifs is 1. The molecule has 36 heavy (non-hydrogen) atoms. The van der Waals surface area contributed by atoms with Crippen molar-refractivity contribution in [2.24, 2.45) is 12.9 Å². The lowest BCUT2D eigenvalue weighted by molar-refractivity contribution is -0.225. The average Bonchev–Trinajstić information content (AvgIpc) is 3.12. The predicted octanol–water partition coefficient (Wildman–Crippen LogP) is 4.28. The molecule has 3 aromatic rings. The van der Waals surface area contributed by atoms with Gasteiger partial charge in [-0.2, -0.15) is 18.2 Å². The molecular weight excluding hydrogens is 481 g/mol. The van der Waals surface area contributed by atoms with E-state index in [0.29, 0.717) is 22.7 Å². The van der Waals surface area contributed by atoms with E-state index in [4.69, 9.17) is 10.6 Å². The summed E-state index contributed by atoms with van der Waals surface area (Å²) in [6.45, 7) is 0. The minimum Gasteiger partial charge on any atom is -0.506 e. The Morgan fingerprint density at radius 2 is 2.03 bits per heavy atom. The second-order valence-corrected chi connectivity index (χ2v) is 7.71. The molecule has 0 radical (unpaired) electrons. The van der Waals surface area contributed by atoms with Crippen LogP contribution in [0.4, 0.5) is 23.7 Å². The maximum Gasteiger partial charge on any atom is 0.420 e. The summed E-state index contributed by atoms with van der Waals surface area (Å²) in [5.74, 6) is 5.34. The van der Waals surface area contributed by atoms with Crippen LogP contribution < -0.4 is 21.3 Å². The number of allylic oxidation sites excluding steroid dienone is 3. The van der Waals surface area contributed by atoms with Gasteiger partial charge in [0.2, 0.25) is 5.88 Å². The van der Waals surface area contributed by atoms with E-state index < -0.39 is 18.3 Å². The number of urea groups is 1. The lowest BCUT2D eigenvalue weighted by atomic mass is 10.1. The molecule has 0 saturated carbocycles. The number of carbonyl (C=O) groups is 1. The summed E-state index contributed by atoms with van der Waals surface area (Å²) in [5.41, 5.74) is 1.21. The van der Waals surface area contributed by atoms with Gasteiger partial charge in [-0.25, -0.2) is 15.7 Å². The maximum absolute atomic E-state index is 13.1. The number of hydrogen-bond acceptors (Lipinski definition) is 7. The van der Waals surface area contributed by atoms with Crippen LogP contribution in [-0.2, 0) is 11.9 Å². The molecule has 0 saturated heterocycles. The first-order chi connectivity index (χ1) is 17.2. The van der Waals surface area contributed by atoms with Gasteiger partial charge in [-0.15, -0.1) is 0 Å². The molecule has 13 heteroatoms. The van der Waals surface area contributed by atoms with Crippen LogP contribution in [0.2, 0.25) is 0 Å². The van der Waals surface area contributed by atoms with Gasteiger partial charge in [-0.3, -0.25) is 4.84 Å². The molecule has 1 aliphatic carbocycles. The van der Waals surface area contributed by atoms with Crippen LogP contribution in [0.5, 0.6) is 5.88 Å². The van der Waals surface area contributed by atoms with Gasteiger partial charge in [0.05, 0.1) is 11.2 Å². The summed E-state index contributed by atoms with van der Waals surface area (Å²) in [7, 11) is 1.83. The molecule has 0 bridgehead atoms. The van der Waals surface area contributed by atoms with Crippen LogP contribution >= 0.6 is 0 Å². The third-order valence-corrected chi connectivity index (χ3v) is 5.19. The highest BCUT2D eigenvalue weighted by atomic mass is 19.4. The molecule has 1 atom stereocenters. The molecule has 1 unspecified atom stereocenters. The quantitative estimate of drug-likeness (QED) is 0.370. The molecule has 5 N–H and O–H groups in total. The molecule has 0 aliphatic heterocycles. The molecule has 2 aromatic heterocycles. The summed E-state index contributed by atoms with van der Waals surface area (Å²) in [5, 5.41) is 15.2. The van der Waals surface area contributed by atoms with Crippen LogP contribution in [0.25, 0.3) is 11.0 Å². The lowest BCUT2D eigenvalue weighted by Crippen LogP contribution is -2.29. The van der Waals surface area contributed by atoms with E-state index in [1.54, 1.807) is 6.08 Å². The van der Waals surface area contributed by atoms with Crippen molar-refractivity contribution in [3.05, 3.63) is 83.9 Å². The number of hydrogen-bond donors (Lipinski definition) is 4. The highest BCUT2D eigenvalue weighted by Crippen LogP contribution is 2.35. The van der Waals surface area contributed by atoms with Gasteiger partial charge in [-0.05, 0) is 42.0 Å². The van der Waals surface area contributed by atoms with Gasteiger partial charge in [0.1, 0.15) is 23.4 Å². The zero-order chi connectivity index (χ0) is 25.9. The van der Waals surface area contributed by atoms with Gasteiger partial charge in [0.25, 0.3) is 0 Å². The van der Waals surface area contributed by atoms with E-state index in [2.05, 4.69) is 25.4 Å². The molecule has 0 spiro atoms. The van der Waals surface area contributed by atoms with E-state index in [9.17, 15) is 23.1 Å². The number of alkyl halides is 3. The molecule has 10 nitrogen and oxygen atoms in total. The number of nitrogens with two attached hydrogens (primary N) is 1. The van der Waals surface area contributed by atoms with E-state index in [0.717, 1.165) is 6.07 Å². The molecular formula is C23H21F3N6O4. The van der Waals surface area contributed by atoms with E-state index >= 15 is 0 Å². The first kappa shape index (κ1) is 24.8. The third-order valence-electron chi connectivity index (χ3n) is 5.19. The third kappa shape index (κ3) is 5.47. The number of rotatable bonds is 6. The summed E-state index contributed by atoms with van der Waals surface area (Å²) in [4.78, 5) is 24.9. The van der Waals surface area contributed by atoms with Gasteiger partial charge >= 0.3 is 12.2 Å². The van der Waals surface area contributed by atoms with Crippen LogP contribution in [-0.4, -0.2) is 31.8 Å². The van der Waals surface area contributed by atoms with Gasteiger partial charge in [-0.1, -0.05) is 12.1 Å². The zero-order valence-corrected chi connectivity index (χ0v) is 18.8. The molecule has 0 fully saturated rings. The number of ether oxygens (including phenoxy) is 1. The summed E-state index contributed by atoms with van der Waals surface area (Å²) < 4.78 is 46.9. The Kier molecular flexibility index (Phi) is 6.94. The van der Waals surface area contributed by atoms with Crippen LogP contribution in [0.3, 0.4) is 0 Å². The number of carbonyl (C=O) groups excluding carboxylic acids is 1. The van der Waals surface area contributed by atoms with Gasteiger partial charge < -0.3 is 25.0 Å². The number of amides is 2. The number of anilines is 1. The summed E-state index contributed by atoms with van der Waals surface area (Å²) in [6, 6.07) is 5.98. The van der Waals surface area contributed by atoms with Crippen molar-refractivity contribution in [1.29, 1.82) is 0 Å². The first-order valence-corrected chi connectivity index (χ1v) is 10.5. The van der Waals surface area contributed by atoms with Gasteiger partial charge in [0.15, 0.2) is 6.10 Å². The molecule has 4 rings (SSSR count). The van der Waals surface area contributed by atoms with Crippen LogP contribution in [0, 0.1) is 0 Å². The molecule has 1 aliphatic rings. The number of aliphatic hydroxyl groups excluding tert-OH is 1. The maximum atomic E-state index is 13.1.